The average molecular weight is 437 g/mol. The predicted octanol–water partition coefficient (Wildman–Crippen LogP) is 4.45. The molecule has 0 saturated carbocycles. The Morgan fingerprint density at radius 2 is 1.77 bits per heavy atom. The highest BCUT2D eigenvalue weighted by Gasteiger charge is 2.44. The Kier molecular flexibility index (Phi) is 5.68. The molecule has 1 aliphatic heterocycles. The van der Waals surface area contributed by atoms with Gasteiger partial charge in [-0.15, -0.1) is 0 Å². The molecule has 1 aliphatic rings. The fraction of sp³-hybridized carbons (Fsp3) is 0.300. The number of rotatable bonds is 3. The molecule has 1 heterocycles. The Bertz CT molecular complexity index is 817. The molecule has 1 fully saturated rings. The molecular formula is C20H19BrClNO3. The van der Waals surface area contributed by atoms with Gasteiger partial charge in [-0.05, 0) is 36.6 Å². The number of piperidine rings is 1. The first kappa shape index (κ1) is 18.9. The van der Waals surface area contributed by atoms with Crippen LogP contribution in [0.1, 0.15) is 28.8 Å². The maximum absolute atomic E-state index is 12.9. The summed E-state index contributed by atoms with van der Waals surface area (Å²) in [4.78, 5) is 27.2. The van der Waals surface area contributed by atoms with Crippen molar-refractivity contribution in [2.45, 2.75) is 18.3 Å². The maximum atomic E-state index is 12.9. The van der Waals surface area contributed by atoms with Crippen LogP contribution in [-0.2, 0) is 14.9 Å². The lowest BCUT2D eigenvalue weighted by atomic mass is 9.72. The van der Waals surface area contributed by atoms with Gasteiger partial charge in [-0.3, -0.25) is 9.59 Å². The summed E-state index contributed by atoms with van der Waals surface area (Å²) in [5.74, 6) is -0.376. The van der Waals surface area contributed by atoms with Crippen LogP contribution in [0.25, 0.3) is 0 Å². The molecule has 2 aromatic carbocycles. The van der Waals surface area contributed by atoms with E-state index >= 15 is 0 Å². The van der Waals surface area contributed by atoms with E-state index in [0.717, 1.165) is 10.0 Å². The number of carbonyl (C=O) groups excluding carboxylic acids is 2. The van der Waals surface area contributed by atoms with Crippen molar-refractivity contribution in [3.63, 3.8) is 0 Å². The highest BCUT2D eigenvalue weighted by molar-refractivity contribution is 9.10. The number of amides is 1. The van der Waals surface area contributed by atoms with Crippen molar-refractivity contribution in [1.29, 1.82) is 0 Å². The molecule has 0 aliphatic carbocycles. The Morgan fingerprint density at radius 1 is 1.12 bits per heavy atom. The monoisotopic (exact) mass is 435 g/mol. The van der Waals surface area contributed by atoms with Crippen molar-refractivity contribution < 1.29 is 14.3 Å². The number of carbonyl (C=O) groups is 2. The third-order valence-corrected chi connectivity index (χ3v) is 5.79. The van der Waals surface area contributed by atoms with Crippen LogP contribution in [0.2, 0.25) is 5.02 Å². The molecule has 0 aromatic heterocycles. The van der Waals surface area contributed by atoms with Gasteiger partial charge in [0.2, 0.25) is 0 Å². The quantitative estimate of drug-likeness (QED) is 0.668. The standard InChI is InChI=1S/C20H19BrClNO3/c1-26-19(25)20(14-5-3-2-4-6-14)9-11-23(12-10-20)18(24)16-13-15(21)7-8-17(16)22/h2-8,13H,9-12H2,1H3. The van der Waals surface area contributed by atoms with E-state index in [0.29, 0.717) is 36.5 Å². The van der Waals surface area contributed by atoms with Crippen LogP contribution in [0.3, 0.4) is 0 Å². The molecule has 6 heteroatoms. The number of halogens is 2. The molecule has 4 nitrogen and oxygen atoms in total. The molecule has 2 aromatic rings. The second kappa shape index (κ2) is 7.80. The van der Waals surface area contributed by atoms with E-state index in [4.69, 9.17) is 16.3 Å². The molecule has 26 heavy (non-hydrogen) atoms. The molecule has 136 valence electrons. The number of ether oxygens (including phenoxy) is 1. The summed E-state index contributed by atoms with van der Waals surface area (Å²) in [6.07, 6.45) is 1.03. The number of benzene rings is 2. The van der Waals surface area contributed by atoms with Gasteiger partial charge >= 0.3 is 5.97 Å². The summed E-state index contributed by atoms with van der Waals surface area (Å²) in [5.41, 5.74) is 0.680. The summed E-state index contributed by atoms with van der Waals surface area (Å²) < 4.78 is 5.89. The lowest BCUT2D eigenvalue weighted by Crippen LogP contribution is -2.49. The van der Waals surface area contributed by atoms with Crippen LogP contribution in [0, 0.1) is 0 Å². The second-order valence-corrected chi connectivity index (χ2v) is 7.68. The number of esters is 1. The highest BCUT2D eigenvalue weighted by Crippen LogP contribution is 2.37. The van der Waals surface area contributed by atoms with E-state index in [1.165, 1.54) is 7.11 Å². The van der Waals surface area contributed by atoms with Crippen LogP contribution in [0.4, 0.5) is 0 Å². The molecule has 1 saturated heterocycles. The summed E-state index contributed by atoms with van der Waals surface area (Å²) in [6.45, 7) is 0.928. The van der Waals surface area contributed by atoms with Crippen LogP contribution < -0.4 is 0 Å². The highest BCUT2D eigenvalue weighted by atomic mass is 79.9. The van der Waals surface area contributed by atoms with E-state index in [9.17, 15) is 9.59 Å². The molecule has 0 unspecified atom stereocenters. The van der Waals surface area contributed by atoms with Gasteiger partial charge in [0.1, 0.15) is 0 Å². The average Bonchev–Trinajstić information content (AvgIpc) is 2.69. The summed E-state index contributed by atoms with van der Waals surface area (Å²) >= 11 is 9.57. The van der Waals surface area contributed by atoms with Gasteiger partial charge in [0.15, 0.2) is 0 Å². The van der Waals surface area contributed by atoms with E-state index in [-0.39, 0.29) is 11.9 Å². The third kappa shape index (κ3) is 3.51. The molecule has 0 spiro atoms. The first-order valence-corrected chi connectivity index (χ1v) is 9.53. The van der Waals surface area contributed by atoms with Gasteiger partial charge < -0.3 is 9.64 Å². The van der Waals surface area contributed by atoms with Crippen molar-refractivity contribution in [1.82, 2.24) is 4.90 Å². The van der Waals surface area contributed by atoms with Crippen molar-refractivity contribution in [3.8, 4) is 0 Å². The molecule has 0 bridgehead atoms. The maximum Gasteiger partial charge on any atom is 0.316 e. The molecule has 3 rings (SSSR count). The summed E-state index contributed by atoms with van der Waals surface area (Å²) in [6, 6.07) is 14.9. The van der Waals surface area contributed by atoms with Crippen molar-refractivity contribution in [3.05, 3.63) is 69.2 Å². The Labute approximate surface area is 166 Å². The van der Waals surface area contributed by atoms with Crippen molar-refractivity contribution in [2.75, 3.05) is 20.2 Å². The topological polar surface area (TPSA) is 46.6 Å². The number of hydrogen-bond donors (Lipinski definition) is 0. The van der Waals surface area contributed by atoms with E-state index in [1.54, 1.807) is 23.1 Å². The first-order chi connectivity index (χ1) is 12.5. The number of likely N-dealkylation sites (tertiary alicyclic amines) is 1. The Balaban J connectivity index is 1.83. The number of nitrogens with zero attached hydrogens (tertiary/aromatic N) is 1. The molecule has 0 N–H and O–H groups in total. The number of hydrogen-bond acceptors (Lipinski definition) is 3. The third-order valence-electron chi connectivity index (χ3n) is 4.97. The van der Waals surface area contributed by atoms with Crippen LogP contribution >= 0.6 is 27.5 Å². The van der Waals surface area contributed by atoms with Gasteiger partial charge in [0, 0.05) is 17.6 Å². The molecule has 0 atom stereocenters. The lowest BCUT2D eigenvalue weighted by Gasteiger charge is -2.40. The zero-order chi connectivity index (χ0) is 18.7. The minimum Gasteiger partial charge on any atom is -0.468 e. The fourth-order valence-corrected chi connectivity index (χ4v) is 4.05. The van der Waals surface area contributed by atoms with E-state index in [1.807, 2.05) is 30.3 Å². The molecule has 0 radical (unpaired) electrons. The fourth-order valence-electron chi connectivity index (χ4n) is 3.49. The SMILES string of the molecule is COC(=O)C1(c2ccccc2)CCN(C(=O)c2cc(Br)ccc2Cl)CC1. The smallest absolute Gasteiger partial charge is 0.316 e. The van der Waals surface area contributed by atoms with E-state index < -0.39 is 5.41 Å². The predicted molar refractivity (Wildman–Crippen MR) is 104 cm³/mol. The first-order valence-electron chi connectivity index (χ1n) is 8.36. The van der Waals surface area contributed by atoms with Crippen LogP contribution in [0.15, 0.2) is 53.0 Å². The van der Waals surface area contributed by atoms with Gasteiger partial charge in [0.25, 0.3) is 5.91 Å². The largest absolute Gasteiger partial charge is 0.468 e. The van der Waals surface area contributed by atoms with Crippen LogP contribution in [0.5, 0.6) is 0 Å². The minimum atomic E-state index is -0.714. The lowest BCUT2D eigenvalue weighted by molar-refractivity contribution is -0.149. The molecule has 1 amide bonds. The Morgan fingerprint density at radius 3 is 2.38 bits per heavy atom. The molecular weight excluding hydrogens is 418 g/mol. The van der Waals surface area contributed by atoms with Gasteiger partial charge in [-0.2, -0.15) is 0 Å². The van der Waals surface area contributed by atoms with Gasteiger partial charge in [-0.1, -0.05) is 57.9 Å². The zero-order valence-corrected chi connectivity index (χ0v) is 16.7. The van der Waals surface area contributed by atoms with Crippen molar-refractivity contribution >= 4 is 39.4 Å². The summed E-state index contributed by atoms with van der Waals surface area (Å²) in [5, 5.41) is 0.422. The number of methoxy groups -OCH3 is 1. The van der Waals surface area contributed by atoms with Gasteiger partial charge in [0.05, 0.1) is 23.1 Å². The van der Waals surface area contributed by atoms with Crippen LogP contribution in [-0.4, -0.2) is 37.0 Å². The zero-order valence-electron chi connectivity index (χ0n) is 14.4. The van der Waals surface area contributed by atoms with E-state index in [2.05, 4.69) is 15.9 Å². The normalized spacial score (nSPS) is 16.2. The second-order valence-electron chi connectivity index (χ2n) is 6.36. The van der Waals surface area contributed by atoms with Crippen molar-refractivity contribution in [2.24, 2.45) is 0 Å². The summed E-state index contributed by atoms with van der Waals surface area (Å²) in [7, 11) is 1.41. The minimum absolute atomic E-state index is 0.122. The Hall–Kier alpha value is -1.85. The van der Waals surface area contributed by atoms with Gasteiger partial charge in [-0.25, -0.2) is 0 Å².